The fraction of sp³-hybridized carbons (Fsp3) is 0.814. The van der Waals surface area contributed by atoms with E-state index in [4.69, 9.17) is 4.74 Å². The smallest absolute Gasteiger partial charge is 0.246 e. The molecule has 468 valence electrons. The van der Waals surface area contributed by atoms with Gasteiger partial charge in [0.25, 0.3) is 0 Å². The van der Waals surface area contributed by atoms with Gasteiger partial charge in [-0.05, 0) is 94.3 Å². The van der Waals surface area contributed by atoms with Crippen LogP contribution in [0.3, 0.4) is 0 Å². The van der Waals surface area contributed by atoms with Gasteiger partial charge in [0.1, 0.15) is 60.4 Å². The fourth-order valence-corrected chi connectivity index (χ4v) is 10.8. The number of ether oxygens (including phenoxy) is 1. The summed E-state index contributed by atoms with van der Waals surface area (Å²) in [5.41, 5.74) is 0. The zero-order valence-electron chi connectivity index (χ0n) is 53.9. The summed E-state index contributed by atoms with van der Waals surface area (Å²) in [5.74, 6) is -8.67. The van der Waals surface area contributed by atoms with Crippen LogP contribution in [0.4, 0.5) is 0 Å². The first kappa shape index (κ1) is 72.2. The third-order valence-electron chi connectivity index (χ3n) is 15.9. The molecule has 0 radical (unpaired) electrons. The Labute approximate surface area is 489 Å². The van der Waals surface area contributed by atoms with Gasteiger partial charge in [0.15, 0.2) is 0 Å². The van der Waals surface area contributed by atoms with Gasteiger partial charge in [-0.25, -0.2) is 0 Å². The lowest BCUT2D eigenvalue weighted by Gasteiger charge is -2.41. The minimum Gasteiger partial charge on any atom is -0.375 e. The van der Waals surface area contributed by atoms with E-state index in [2.05, 4.69) is 21.3 Å². The van der Waals surface area contributed by atoms with Crippen LogP contribution >= 0.6 is 0 Å². The molecule has 2 rings (SSSR count). The number of likely N-dealkylation sites (N-methyl/N-ethyl adjacent to an activating group) is 7. The molecular formula is C59H105N11O12. The van der Waals surface area contributed by atoms with Crippen LogP contribution in [-0.2, 0) is 57.5 Å². The van der Waals surface area contributed by atoms with Crippen molar-refractivity contribution >= 4 is 65.0 Å². The van der Waals surface area contributed by atoms with Crippen molar-refractivity contribution in [3.8, 4) is 0 Å². The van der Waals surface area contributed by atoms with E-state index in [-0.39, 0.29) is 55.3 Å². The molecule has 0 aliphatic carbocycles. The molecule has 0 bridgehead atoms. The number of hydrogen-bond donors (Lipinski definition) is 4. The van der Waals surface area contributed by atoms with Crippen LogP contribution in [-0.4, -0.2) is 228 Å². The van der Waals surface area contributed by atoms with Crippen molar-refractivity contribution < 1.29 is 57.5 Å². The zero-order valence-corrected chi connectivity index (χ0v) is 53.9. The van der Waals surface area contributed by atoms with Crippen LogP contribution in [0.5, 0.6) is 0 Å². The van der Waals surface area contributed by atoms with Crippen LogP contribution in [0.15, 0.2) is 0 Å². The van der Waals surface area contributed by atoms with Gasteiger partial charge in [0.05, 0.1) is 12.6 Å². The van der Waals surface area contributed by atoms with Crippen LogP contribution in [0.1, 0.15) is 143 Å². The summed E-state index contributed by atoms with van der Waals surface area (Å²) in [6.45, 7) is 28.1. The van der Waals surface area contributed by atoms with E-state index in [0.29, 0.717) is 13.0 Å². The van der Waals surface area contributed by atoms with Gasteiger partial charge in [0.2, 0.25) is 65.0 Å². The summed E-state index contributed by atoms with van der Waals surface area (Å²) in [5, 5.41) is 11.0. The molecule has 2 saturated heterocycles. The van der Waals surface area contributed by atoms with Crippen molar-refractivity contribution in [2.24, 2.45) is 41.4 Å². The highest BCUT2D eigenvalue weighted by molar-refractivity contribution is 5.99. The van der Waals surface area contributed by atoms with Gasteiger partial charge in [-0.2, -0.15) is 0 Å². The largest absolute Gasteiger partial charge is 0.375 e. The maximum atomic E-state index is 15.1. The molecule has 2 heterocycles. The Balaban J connectivity index is 2.89. The molecule has 0 aromatic carbocycles. The van der Waals surface area contributed by atoms with E-state index in [1.165, 1.54) is 99.5 Å². The normalized spacial score (nSPS) is 29.3. The molecule has 0 spiro atoms. The number of nitrogens with zero attached hydrogens (tertiary/aromatic N) is 7. The van der Waals surface area contributed by atoms with Gasteiger partial charge in [-0.1, -0.05) is 90.0 Å². The highest BCUT2D eigenvalue weighted by Crippen LogP contribution is 2.29. The molecule has 82 heavy (non-hydrogen) atoms. The van der Waals surface area contributed by atoms with Crippen molar-refractivity contribution in [1.82, 2.24) is 55.6 Å². The summed E-state index contributed by atoms with van der Waals surface area (Å²) < 4.78 is 6.12. The molecule has 2 aliphatic heterocycles. The quantitative estimate of drug-likeness (QED) is 0.232. The Hall–Kier alpha value is -5.87. The molecule has 23 heteroatoms. The molecule has 4 N–H and O–H groups in total. The molecule has 12 atom stereocenters. The average Bonchev–Trinajstić information content (AvgIpc) is 4.00. The molecule has 0 unspecified atom stereocenters. The molecule has 11 amide bonds. The summed E-state index contributed by atoms with van der Waals surface area (Å²) in [4.78, 5) is 168. The van der Waals surface area contributed by atoms with Crippen LogP contribution in [0, 0.1) is 41.4 Å². The molecule has 23 nitrogen and oxygen atoms in total. The second-order valence-corrected chi connectivity index (χ2v) is 25.7. The second kappa shape index (κ2) is 31.7. The maximum Gasteiger partial charge on any atom is 0.246 e. The summed E-state index contributed by atoms with van der Waals surface area (Å²) in [6, 6.07) is -11.7. The molecule has 2 aliphatic rings. The monoisotopic (exact) mass is 1160 g/mol. The SMILES string of the molecule is CC(C)C[C@@H]1C(=O)N[C@H](C)C(=O)N[C@@H](C)C(=O)N(C)[C@@H](CC(C)C)C(=O)N(C)[C@H](CC(C)C)C(=O)N(C)[C@H](C(C)C)C(=O)N(C)[C@H]([C@@H]2OCC[C@H]2C)C(=O)N[C@H](C)C(=O)N(C)CC(=O)N(C)[C@@H](CC(C)C)C(=O)N[C@H](C(C)C)C(=O)N1C. The average molecular weight is 1160 g/mol. The Morgan fingerprint density at radius 2 is 0.817 bits per heavy atom. The fourth-order valence-electron chi connectivity index (χ4n) is 10.8. The standard InChI is InChI=1S/C59H105N11O12/c1-31(2)26-41-52(74)63-46(35(9)10)58(80)66(19)42(27-32(3)4)51(73)60-38(14)50(72)61-40(16)55(77)67(20)43(28-33(5)6)56(78)68(21)44(29-34(7)8)57(79)69(22)47(36(11)12)59(81)70(23)48(49-37(13)24-25-82-49)53(75)62-39(15)54(76)64(17)30-45(71)65(41)18/h31-44,46-49H,24-30H2,1-23H3,(H,60,73)(H,61,72)(H,62,75)(H,63,74)/t37-,38-,39-,40+,41+,42-,43+,44-,46-,47-,48-,49-/m1/s1. The van der Waals surface area contributed by atoms with Crippen molar-refractivity contribution in [2.45, 2.75) is 209 Å². The minimum atomic E-state index is -1.29. The van der Waals surface area contributed by atoms with Crippen LogP contribution in [0.25, 0.3) is 0 Å². The number of nitrogens with one attached hydrogen (secondary N) is 4. The van der Waals surface area contributed by atoms with Gasteiger partial charge < -0.3 is 60.3 Å². The molecule has 0 aromatic rings. The van der Waals surface area contributed by atoms with Gasteiger partial charge >= 0.3 is 0 Å². The highest BCUT2D eigenvalue weighted by atomic mass is 16.5. The van der Waals surface area contributed by atoms with E-state index in [0.717, 1.165) is 4.90 Å². The lowest BCUT2D eigenvalue weighted by molar-refractivity contribution is -0.157. The molecule has 0 saturated carbocycles. The molecular weight excluding hydrogens is 1050 g/mol. The maximum absolute atomic E-state index is 15.1. The number of carbonyl (C=O) groups is 11. The van der Waals surface area contributed by atoms with Crippen molar-refractivity contribution in [1.29, 1.82) is 0 Å². The Bertz CT molecular complexity index is 2260. The number of carbonyl (C=O) groups excluding carboxylic acids is 11. The lowest BCUT2D eigenvalue weighted by Crippen LogP contribution is -2.63. The van der Waals surface area contributed by atoms with Gasteiger partial charge in [-0.3, -0.25) is 52.7 Å². The van der Waals surface area contributed by atoms with Crippen LogP contribution < -0.4 is 21.3 Å². The Morgan fingerprint density at radius 3 is 1.27 bits per heavy atom. The number of amides is 11. The van der Waals surface area contributed by atoms with E-state index >= 15 is 9.59 Å². The third kappa shape index (κ3) is 19.1. The first-order valence-electron chi connectivity index (χ1n) is 29.5. The van der Waals surface area contributed by atoms with Gasteiger partial charge in [0, 0.05) is 55.9 Å². The van der Waals surface area contributed by atoms with Crippen molar-refractivity contribution in [3.63, 3.8) is 0 Å². The number of hydrogen-bond acceptors (Lipinski definition) is 12. The first-order valence-corrected chi connectivity index (χ1v) is 29.5. The first-order chi connectivity index (χ1) is 37.8. The minimum absolute atomic E-state index is 0.117. The van der Waals surface area contributed by atoms with Crippen LogP contribution in [0.2, 0.25) is 0 Å². The highest BCUT2D eigenvalue weighted by Gasteiger charge is 2.47. The van der Waals surface area contributed by atoms with E-state index in [1.54, 1.807) is 27.7 Å². The summed E-state index contributed by atoms with van der Waals surface area (Å²) in [7, 11) is 10.1. The number of rotatable bonds is 11. The topological polar surface area (TPSA) is 268 Å². The summed E-state index contributed by atoms with van der Waals surface area (Å²) in [6.07, 6.45) is 0.474. The van der Waals surface area contributed by atoms with Crippen molar-refractivity contribution in [3.05, 3.63) is 0 Å². The predicted molar refractivity (Wildman–Crippen MR) is 313 cm³/mol. The Kier molecular flexibility index (Phi) is 27.9. The van der Waals surface area contributed by atoms with Gasteiger partial charge in [-0.15, -0.1) is 0 Å². The van der Waals surface area contributed by atoms with E-state index < -0.39 is 150 Å². The lowest BCUT2D eigenvalue weighted by atomic mass is 9.93. The van der Waals surface area contributed by atoms with E-state index in [9.17, 15) is 43.2 Å². The predicted octanol–water partition coefficient (Wildman–Crippen LogP) is 2.34. The zero-order chi connectivity index (χ0) is 63.3. The van der Waals surface area contributed by atoms with Crippen molar-refractivity contribution in [2.75, 3.05) is 62.5 Å². The third-order valence-corrected chi connectivity index (χ3v) is 15.9. The second-order valence-electron chi connectivity index (χ2n) is 25.7. The Morgan fingerprint density at radius 1 is 0.415 bits per heavy atom. The van der Waals surface area contributed by atoms with E-state index in [1.807, 2.05) is 62.3 Å². The molecule has 2 fully saturated rings. The molecule has 0 aromatic heterocycles. The summed E-state index contributed by atoms with van der Waals surface area (Å²) >= 11 is 0.